The van der Waals surface area contributed by atoms with E-state index in [0.29, 0.717) is 12.3 Å². The van der Waals surface area contributed by atoms with Crippen molar-refractivity contribution < 1.29 is 4.79 Å². The van der Waals surface area contributed by atoms with E-state index in [0.717, 1.165) is 25.2 Å². The number of hydrogen-bond donors (Lipinski definition) is 2. The Morgan fingerprint density at radius 1 is 1.35 bits per heavy atom. The summed E-state index contributed by atoms with van der Waals surface area (Å²) in [5, 5.41) is 6.39. The van der Waals surface area contributed by atoms with Gasteiger partial charge in [-0.1, -0.05) is 33.8 Å². The molecular weight excluding hydrogens is 248 g/mol. The molecule has 2 rings (SSSR count). The quantitative estimate of drug-likeness (QED) is 0.887. The van der Waals surface area contributed by atoms with Crippen molar-refractivity contribution in [1.29, 1.82) is 0 Å². The first kappa shape index (κ1) is 15.0. The molecule has 1 aliphatic heterocycles. The Morgan fingerprint density at radius 3 is 2.80 bits per heavy atom. The first-order chi connectivity index (χ1) is 9.36. The highest BCUT2D eigenvalue weighted by atomic mass is 16.1. The van der Waals surface area contributed by atoms with Crippen molar-refractivity contribution in [3.8, 4) is 0 Å². The van der Waals surface area contributed by atoms with Crippen LogP contribution in [0.4, 0.5) is 5.69 Å². The summed E-state index contributed by atoms with van der Waals surface area (Å²) in [4.78, 5) is 12.1. The third-order valence-electron chi connectivity index (χ3n) is 4.35. The van der Waals surface area contributed by atoms with Crippen molar-refractivity contribution in [2.75, 3.05) is 11.9 Å². The molecule has 0 radical (unpaired) electrons. The lowest BCUT2D eigenvalue weighted by atomic mass is 9.80. The van der Waals surface area contributed by atoms with E-state index in [4.69, 9.17) is 0 Å². The summed E-state index contributed by atoms with van der Waals surface area (Å²) in [7, 11) is 0. The summed E-state index contributed by atoms with van der Waals surface area (Å²) in [6.45, 7) is 10.6. The minimum absolute atomic E-state index is 0.108. The Labute approximate surface area is 122 Å². The average Bonchev–Trinajstić information content (AvgIpc) is 2.37. The molecule has 1 atom stereocenters. The van der Waals surface area contributed by atoms with Crippen LogP contribution >= 0.6 is 0 Å². The molecule has 1 aromatic rings. The molecule has 3 nitrogen and oxygen atoms in total. The lowest BCUT2D eigenvalue weighted by Gasteiger charge is -2.26. The molecule has 0 saturated heterocycles. The molecule has 1 unspecified atom stereocenters. The van der Waals surface area contributed by atoms with Crippen molar-refractivity contribution in [3.63, 3.8) is 0 Å². The standard InChI is InChI=1S/C17H26N2O/c1-12(17(2,3)4)9-16(20)19-15-6-5-13-7-8-18-11-14(13)10-15/h5-6,10,12,18H,7-9,11H2,1-4H3,(H,19,20). The second-order valence-corrected chi connectivity index (χ2v) is 6.93. The van der Waals surface area contributed by atoms with E-state index in [1.54, 1.807) is 0 Å². The van der Waals surface area contributed by atoms with Gasteiger partial charge in [-0.05, 0) is 47.6 Å². The number of carbonyl (C=O) groups is 1. The van der Waals surface area contributed by atoms with Crippen LogP contribution in [0, 0.1) is 11.3 Å². The molecule has 0 spiro atoms. The van der Waals surface area contributed by atoms with Crippen LogP contribution < -0.4 is 10.6 Å². The van der Waals surface area contributed by atoms with Gasteiger partial charge in [-0.15, -0.1) is 0 Å². The lowest BCUT2D eigenvalue weighted by molar-refractivity contribution is -0.117. The zero-order chi connectivity index (χ0) is 14.8. The summed E-state index contributed by atoms with van der Waals surface area (Å²) in [6.07, 6.45) is 1.64. The highest BCUT2D eigenvalue weighted by molar-refractivity contribution is 5.91. The molecule has 1 heterocycles. The molecule has 1 amide bonds. The summed E-state index contributed by atoms with van der Waals surface area (Å²) in [6, 6.07) is 6.25. The number of hydrogen-bond acceptors (Lipinski definition) is 2. The fraction of sp³-hybridized carbons (Fsp3) is 0.588. The van der Waals surface area contributed by atoms with Gasteiger partial charge >= 0.3 is 0 Å². The Balaban J connectivity index is 1.98. The number of amides is 1. The van der Waals surface area contributed by atoms with Crippen molar-refractivity contribution >= 4 is 11.6 Å². The van der Waals surface area contributed by atoms with Gasteiger partial charge < -0.3 is 10.6 Å². The molecule has 3 heteroatoms. The highest BCUT2D eigenvalue weighted by Gasteiger charge is 2.22. The predicted molar refractivity (Wildman–Crippen MR) is 83.7 cm³/mol. The topological polar surface area (TPSA) is 41.1 Å². The first-order valence-electron chi connectivity index (χ1n) is 7.48. The fourth-order valence-electron chi connectivity index (χ4n) is 2.35. The van der Waals surface area contributed by atoms with Crippen LogP contribution in [0.2, 0.25) is 0 Å². The smallest absolute Gasteiger partial charge is 0.224 e. The number of fused-ring (bicyclic) bond motifs is 1. The number of nitrogens with one attached hydrogen (secondary N) is 2. The summed E-state index contributed by atoms with van der Waals surface area (Å²) >= 11 is 0. The molecule has 0 aromatic heterocycles. The SMILES string of the molecule is CC(CC(=O)Nc1ccc2c(c1)CNCC2)C(C)(C)C. The van der Waals surface area contributed by atoms with Crippen LogP contribution in [-0.2, 0) is 17.8 Å². The Kier molecular flexibility index (Phi) is 4.48. The second-order valence-electron chi connectivity index (χ2n) is 6.93. The lowest BCUT2D eigenvalue weighted by Crippen LogP contribution is -2.25. The molecular formula is C17H26N2O. The largest absolute Gasteiger partial charge is 0.326 e. The van der Waals surface area contributed by atoms with Gasteiger partial charge in [0, 0.05) is 18.7 Å². The Hall–Kier alpha value is -1.35. The highest BCUT2D eigenvalue weighted by Crippen LogP contribution is 2.28. The summed E-state index contributed by atoms with van der Waals surface area (Å²) in [5.74, 6) is 0.470. The monoisotopic (exact) mass is 274 g/mol. The molecule has 110 valence electrons. The van der Waals surface area contributed by atoms with E-state index in [9.17, 15) is 4.79 Å². The van der Waals surface area contributed by atoms with Crippen LogP contribution in [0.1, 0.15) is 45.2 Å². The van der Waals surface area contributed by atoms with E-state index < -0.39 is 0 Å². The third-order valence-corrected chi connectivity index (χ3v) is 4.35. The maximum atomic E-state index is 12.1. The van der Waals surface area contributed by atoms with E-state index >= 15 is 0 Å². The van der Waals surface area contributed by atoms with Gasteiger partial charge in [0.25, 0.3) is 0 Å². The number of anilines is 1. The van der Waals surface area contributed by atoms with Crippen LogP contribution in [0.3, 0.4) is 0 Å². The van der Waals surface area contributed by atoms with Crippen LogP contribution in [0.15, 0.2) is 18.2 Å². The van der Waals surface area contributed by atoms with Gasteiger partial charge in [0.15, 0.2) is 0 Å². The van der Waals surface area contributed by atoms with Gasteiger partial charge in [-0.2, -0.15) is 0 Å². The van der Waals surface area contributed by atoms with Crippen LogP contribution in [0.25, 0.3) is 0 Å². The number of rotatable bonds is 3. The molecule has 0 saturated carbocycles. The Morgan fingerprint density at radius 2 is 2.10 bits per heavy atom. The van der Waals surface area contributed by atoms with Crippen molar-refractivity contribution in [3.05, 3.63) is 29.3 Å². The van der Waals surface area contributed by atoms with E-state index in [1.807, 2.05) is 6.07 Å². The molecule has 0 fully saturated rings. The third kappa shape index (κ3) is 3.83. The van der Waals surface area contributed by atoms with Gasteiger partial charge in [0.1, 0.15) is 0 Å². The fourth-order valence-corrected chi connectivity index (χ4v) is 2.35. The Bertz CT molecular complexity index is 488. The zero-order valence-corrected chi connectivity index (χ0v) is 13.0. The number of benzene rings is 1. The first-order valence-corrected chi connectivity index (χ1v) is 7.48. The summed E-state index contributed by atoms with van der Waals surface area (Å²) in [5.41, 5.74) is 3.78. The zero-order valence-electron chi connectivity index (χ0n) is 13.0. The molecule has 2 N–H and O–H groups in total. The summed E-state index contributed by atoms with van der Waals surface area (Å²) < 4.78 is 0. The van der Waals surface area contributed by atoms with Gasteiger partial charge in [0.2, 0.25) is 5.91 Å². The van der Waals surface area contributed by atoms with Crippen molar-refractivity contribution in [2.45, 2.75) is 47.1 Å². The van der Waals surface area contributed by atoms with E-state index in [1.165, 1.54) is 11.1 Å². The minimum Gasteiger partial charge on any atom is -0.326 e. The maximum Gasteiger partial charge on any atom is 0.224 e. The van der Waals surface area contributed by atoms with E-state index in [-0.39, 0.29) is 11.3 Å². The predicted octanol–water partition coefficient (Wildman–Crippen LogP) is 3.34. The second kappa shape index (κ2) is 5.96. The average molecular weight is 274 g/mol. The van der Waals surface area contributed by atoms with Crippen LogP contribution in [-0.4, -0.2) is 12.5 Å². The van der Waals surface area contributed by atoms with Gasteiger partial charge in [-0.25, -0.2) is 0 Å². The molecule has 1 aromatic carbocycles. The number of carbonyl (C=O) groups excluding carboxylic acids is 1. The minimum atomic E-state index is 0.108. The molecule has 0 aliphatic carbocycles. The maximum absolute atomic E-state index is 12.1. The molecule has 0 bridgehead atoms. The van der Waals surface area contributed by atoms with Crippen LogP contribution in [0.5, 0.6) is 0 Å². The van der Waals surface area contributed by atoms with E-state index in [2.05, 4.69) is 50.5 Å². The normalized spacial score (nSPS) is 16.4. The van der Waals surface area contributed by atoms with Crippen molar-refractivity contribution in [1.82, 2.24) is 5.32 Å². The van der Waals surface area contributed by atoms with Gasteiger partial charge in [-0.3, -0.25) is 4.79 Å². The van der Waals surface area contributed by atoms with Crippen molar-refractivity contribution in [2.24, 2.45) is 11.3 Å². The molecule has 1 aliphatic rings. The molecule has 20 heavy (non-hydrogen) atoms. The van der Waals surface area contributed by atoms with Gasteiger partial charge in [0.05, 0.1) is 0 Å².